The normalized spacial score (nSPS) is 10.7. The fourth-order valence-corrected chi connectivity index (χ4v) is 2.42. The third-order valence-corrected chi connectivity index (χ3v) is 3.77. The zero-order valence-electron chi connectivity index (χ0n) is 13.4. The molecule has 0 aliphatic carbocycles. The van der Waals surface area contributed by atoms with E-state index in [1.807, 2.05) is 18.2 Å². The van der Waals surface area contributed by atoms with Gasteiger partial charge in [-0.25, -0.2) is 0 Å². The van der Waals surface area contributed by atoms with Gasteiger partial charge in [0.15, 0.2) is 0 Å². The molecule has 0 saturated carbocycles. The van der Waals surface area contributed by atoms with Gasteiger partial charge in [-0.05, 0) is 39.7 Å². The topological polar surface area (TPSA) is 87.3 Å². The molecule has 0 bridgehead atoms. The lowest BCUT2D eigenvalue weighted by Crippen LogP contribution is -2.45. The number of hydrazine groups is 1. The summed E-state index contributed by atoms with van der Waals surface area (Å²) < 4.78 is 0.601. The van der Waals surface area contributed by atoms with Gasteiger partial charge in [0.25, 0.3) is 11.8 Å². The third-order valence-electron chi connectivity index (χ3n) is 3.07. The monoisotopic (exact) mass is 401 g/mol. The van der Waals surface area contributed by atoms with Crippen molar-refractivity contribution in [2.45, 2.75) is 6.92 Å². The summed E-state index contributed by atoms with van der Waals surface area (Å²) in [5.74, 6) is -1.52. The molecule has 0 aromatic heterocycles. The molecule has 3 amide bonds. The maximum atomic E-state index is 12.3. The molecule has 0 radical (unpaired) electrons. The molecule has 0 spiro atoms. The summed E-state index contributed by atoms with van der Waals surface area (Å²) in [4.78, 5) is 35.7. The molecule has 2 aromatic carbocycles. The number of benzene rings is 2. The Kier molecular flexibility index (Phi) is 6.47. The quantitative estimate of drug-likeness (QED) is 0.542. The number of amides is 3. The first kappa shape index (κ1) is 18.4. The first-order valence-corrected chi connectivity index (χ1v) is 8.16. The predicted molar refractivity (Wildman–Crippen MR) is 98.0 cm³/mol. The van der Waals surface area contributed by atoms with Gasteiger partial charge in [-0.3, -0.25) is 25.2 Å². The van der Waals surface area contributed by atoms with E-state index in [-0.39, 0.29) is 5.70 Å². The van der Waals surface area contributed by atoms with Crippen LogP contribution in [0.15, 0.2) is 64.8 Å². The molecule has 0 fully saturated rings. The van der Waals surface area contributed by atoms with Gasteiger partial charge < -0.3 is 5.32 Å². The van der Waals surface area contributed by atoms with E-state index in [1.165, 1.54) is 13.0 Å². The van der Waals surface area contributed by atoms with Crippen molar-refractivity contribution in [2.75, 3.05) is 0 Å². The Morgan fingerprint density at radius 3 is 2.20 bits per heavy atom. The molecule has 0 aliphatic rings. The van der Waals surface area contributed by atoms with Gasteiger partial charge >= 0.3 is 0 Å². The lowest BCUT2D eigenvalue weighted by Gasteiger charge is -2.11. The van der Waals surface area contributed by atoms with E-state index in [9.17, 15) is 14.4 Å². The highest BCUT2D eigenvalue weighted by atomic mass is 79.9. The van der Waals surface area contributed by atoms with Gasteiger partial charge in [-0.2, -0.15) is 0 Å². The summed E-state index contributed by atoms with van der Waals surface area (Å²) in [6.07, 6.45) is 1.52. The van der Waals surface area contributed by atoms with Crippen molar-refractivity contribution >= 4 is 39.7 Å². The average molecular weight is 402 g/mol. The molecular weight excluding hydrogens is 386 g/mol. The van der Waals surface area contributed by atoms with Crippen LogP contribution in [0.1, 0.15) is 22.8 Å². The Morgan fingerprint density at radius 1 is 0.920 bits per heavy atom. The number of rotatable bonds is 4. The zero-order chi connectivity index (χ0) is 18.2. The largest absolute Gasteiger partial charge is 0.322 e. The van der Waals surface area contributed by atoms with Crippen LogP contribution in [-0.4, -0.2) is 17.7 Å². The van der Waals surface area contributed by atoms with E-state index < -0.39 is 17.7 Å². The number of carbonyl (C=O) groups excluding carboxylic acids is 3. The minimum Gasteiger partial charge on any atom is -0.322 e. The SMILES string of the molecule is CC(=O)N/C(=C\c1ccccc1)C(=O)NNC(=O)c1ccccc1Br. The first-order chi connectivity index (χ1) is 12.0. The fraction of sp³-hybridized carbons (Fsp3) is 0.0556. The second-order valence-corrected chi connectivity index (χ2v) is 5.89. The molecule has 0 unspecified atom stereocenters. The summed E-state index contributed by atoms with van der Waals surface area (Å²) >= 11 is 3.27. The van der Waals surface area contributed by atoms with E-state index in [2.05, 4.69) is 32.1 Å². The minimum atomic E-state index is -0.639. The molecule has 0 aliphatic heterocycles. The lowest BCUT2D eigenvalue weighted by molar-refractivity contribution is -0.122. The number of carbonyl (C=O) groups is 3. The van der Waals surface area contributed by atoms with Crippen molar-refractivity contribution in [1.29, 1.82) is 0 Å². The Labute approximate surface area is 153 Å². The number of halogens is 1. The van der Waals surface area contributed by atoms with Crippen LogP contribution in [0.5, 0.6) is 0 Å². The maximum Gasteiger partial charge on any atom is 0.286 e. The highest BCUT2D eigenvalue weighted by Crippen LogP contribution is 2.15. The van der Waals surface area contributed by atoms with E-state index >= 15 is 0 Å². The molecule has 2 aromatic rings. The summed E-state index contributed by atoms with van der Waals surface area (Å²) in [5, 5.41) is 2.45. The minimum absolute atomic E-state index is 0.0196. The molecular formula is C18H16BrN3O3. The van der Waals surface area contributed by atoms with Crippen LogP contribution >= 0.6 is 15.9 Å². The summed E-state index contributed by atoms with van der Waals surface area (Å²) in [5.41, 5.74) is 5.74. The third kappa shape index (κ3) is 5.58. The molecule has 6 nitrogen and oxygen atoms in total. The molecule has 2 rings (SSSR count). The predicted octanol–water partition coefficient (Wildman–Crippen LogP) is 2.39. The van der Waals surface area contributed by atoms with E-state index in [1.54, 1.807) is 36.4 Å². The molecule has 0 atom stereocenters. The lowest BCUT2D eigenvalue weighted by atomic mass is 10.2. The summed E-state index contributed by atoms with van der Waals surface area (Å²) in [6.45, 7) is 1.30. The fourth-order valence-electron chi connectivity index (χ4n) is 1.96. The second-order valence-electron chi connectivity index (χ2n) is 5.04. The van der Waals surface area contributed by atoms with Gasteiger partial charge in [-0.1, -0.05) is 42.5 Å². The van der Waals surface area contributed by atoms with Crippen LogP contribution in [0, 0.1) is 0 Å². The van der Waals surface area contributed by atoms with Crippen molar-refractivity contribution < 1.29 is 14.4 Å². The van der Waals surface area contributed by atoms with Crippen molar-refractivity contribution in [3.05, 3.63) is 75.9 Å². The molecule has 0 saturated heterocycles. The smallest absolute Gasteiger partial charge is 0.286 e. The van der Waals surface area contributed by atoms with Crippen LogP contribution < -0.4 is 16.2 Å². The molecule has 3 N–H and O–H groups in total. The second kappa shape index (κ2) is 8.79. The summed E-state index contributed by atoms with van der Waals surface area (Å²) in [6, 6.07) is 15.8. The van der Waals surface area contributed by atoms with Crippen LogP contribution in [0.2, 0.25) is 0 Å². The number of nitrogens with one attached hydrogen (secondary N) is 3. The van der Waals surface area contributed by atoms with Crippen molar-refractivity contribution in [3.8, 4) is 0 Å². The van der Waals surface area contributed by atoms with Gasteiger partial charge in [-0.15, -0.1) is 0 Å². The molecule has 25 heavy (non-hydrogen) atoms. The molecule has 128 valence electrons. The Hall–Kier alpha value is -2.93. The van der Waals surface area contributed by atoms with E-state index in [0.29, 0.717) is 10.0 Å². The highest BCUT2D eigenvalue weighted by molar-refractivity contribution is 9.10. The van der Waals surface area contributed by atoms with Gasteiger partial charge in [0.2, 0.25) is 5.91 Å². The van der Waals surface area contributed by atoms with Crippen LogP contribution in [0.25, 0.3) is 6.08 Å². The van der Waals surface area contributed by atoms with Crippen LogP contribution in [-0.2, 0) is 9.59 Å². The number of hydrogen-bond donors (Lipinski definition) is 3. The van der Waals surface area contributed by atoms with E-state index in [4.69, 9.17) is 0 Å². The highest BCUT2D eigenvalue weighted by Gasteiger charge is 2.14. The maximum absolute atomic E-state index is 12.3. The zero-order valence-corrected chi connectivity index (χ0v) is 15.0. The standard InChI is InChI=1S/C18H16BrN3O3/c1-12(23)20-16(11-13-7-3-2-4-8-13)18(25)22-21-17(24)14-9-5-6-10-15(14)19/h2-11H,1H3,(H,20,23)(H,21,24)(H,22,25)/b16-11-. The van der Waals surface area contributed by atoms with Gasteiger partial charge in [0.1, 0.15) is 5.70 Å². The molecule has 7 heteroatoms. The van der Waals surface area contributed by atoms with Gasteiger partial charge in [0, 0.05) is 11.4 Å². The van der Waals surface area contributed by atoms with Crippen molar-refractivity contribution in [1.82, 2.24) is 16.2 Å². The Morgan fingerprint density at radius 2 is 1.56 bits per heavy atom. The van der Waals surface area contributed by atoms with Crippen LogP contribution in [0.4, 0.5) is 0 Å². The Bertz CT molecular complexity index is 819. The van der Waals surface area contributed by atoms with E-state index in [0.717, 1.165) is 5.56 Å². The van der Waals surface area contributed by atoms with Crippen LogP contribution in [0.3, 0.4) is 0 Å². The van der Waals surface area contributed by atoms with Gasteiger partial charge in [0.05, 0.1) is 5.56 Å². The Balaban J connectivity index is 2.10. The number of hydrogen-bond acceptors (Lipinski definition) is 3. The van der Waals surface area contributed by atoms with Crippen molar-refractivity contribution in [3.63, 3.8) is 0 Å². The van der Waals surface area contributed by atoms with Crippen molar-refractivity contribution in [2.24, 2.45) is 0 Å². The average Bonchev–Trinajstić information content (AvgIpc) is 2.59. The molecule has 0 heterocycles. The summed E-state index contributed by atoms with van der Waals surface area (Å²) in [7, 11) is 0. The first-order valence-electron chi connectivity index (χ1n) is 7.37.